The average Bonchev–Trinajstić information content (AvgIpc) is 2.63. The fourth-order valence-electron chi connectivity index (χ4n) is 1.70. The number of aromatic nitrogens is 1. The zero-order valence-electron chi connectivity index (χ0n) is 12.0. The Morgan fingerprint density at radius 2 is 1.94 bits per heavy atom. The van der Waals surface area contributed by atoms with Gasteiger partial charge in [0, 0.05) is 22.8 Å². The molecule has 2 unspecified atom stereocenters. The van der Waals surface area contributed by atoms with Crippen molar-refractivity contribution in [3.8, 4) is 0 Å². The summed E-state index contributed by atoms with van der Waals surface area (Å²) in [6.07, 6.45) is 1.99. The van der Waals surface area contributed by atoms with E-state index in [2.05, 4.69) is 46.9 Å². The number of thiazole rings is 1. The highest BCUT2D eigenvalue weighted by Crippen LogP contribution is 2.28. The molecule has 2 N–H and O–H groups in total. The smallest absolute Gasteiger partial charge is 0.0946 e. The molecule has 0 radical (unpaired) electrons. The highest BCUT2D eigenvalue weighted by atomic mass is 32.1. The topological polar surface area (TPSA) is 38.9 Å². The molecule has 1 aromatic heterocycles. The van der Waals surface area contributed by atoms with Crippen LogP contribution in [0.25, 0.3) is 0 Å². The molecule has 2 nitrogen and oxygen atoms in total. The maximum Gasteiger partial charge on any atom is 0.0946 e. The second-order valence-corrected chi connectivity index (χ2v) is 7.31. The van der Waals surface area contributed by atoms with E-state index in [4.69, 9.17) is 10.7 Å². The van der Waals surface area contributed by atoms with Crippen LogP contribution in [0.5, 0.6) is 0 Å². The SMILES string of the molecule is CCC(C)C(C)(N)Cc1nc(C(C)(C)C)cs1. The summed E-state index contributed by atoms with van der Waals surface area (Å²) in [5.41, 5.74) is 7.55. The summed E-state index contributed by atoms with van der Waals surface area (Å²) in [6.45, 7) is 13.1. The van der Waals surface area contributed by atoms with E-state index in [0.717, 1.165) is 12.8 Å². The van der Waals surface area contributed by atoms with Gasteiger partial charge in [-0.25, -0.2) is 4.98 Å². The molecule has 1 aromatic rings. The van der Waals surface area contributed by atoms with Gasteiger partial charge >= 0.3 is 0 Å². The van der Waals surface area contributed by atoms with Crippen LogP contribution in [0.4, 0.5) is 0 Å². The van der Waals surface area contributed by atoms with Crippen molar-refractivity contribution in [2.75, 3.05) is 0 Å². The van der Waals surface area contributed by atoms with Gasteiger partial charge in [-0.2, -0.15) is 0 Å². The summed E-state index contributed by atoms with van der Waals surface area (Å²) in [5.74, 6) is 0.518. The molecule has 0 aliphatic heterocycles. The molecule has 0 amide bonds. The molecular weight excluding hydrogens is 228 g/mol. The lowest BCUT2D eigenvalue weighted by Gasteiger charge is -2.30. The molecule has 0 fully saturated rings. The highest BCUT2D eigenvalue weighted by molar-refractivity contribution is 7.09. The Morgan fingerprint density at radius 1 is 1.35 bits per heavy atom. The molecule has 1 rings (SSSR count). The molecule has 0 aliphatic carbocycles. The van der Waals surface area contributed by atoms with E-state index < -0.39 is 0 Å². The molecule has 1 heterocycles. The summed E-state index contributed by atoms with van der Waals surface area (Å²) < 4.78 is 0. The molecule has 0 aromatic carbocycles. The summed E-state index contributed by atoms with van der Waals surface area (Å²) in [7, 11) is 0. The minimum absolute atomic E-state index is 0.135. The van der Waals surface area contributed by atoms with E-state index in [1.54, 1.807) is 11.3 Å². The Labute approximate surface area is 110 Å². The zero-order valence-corrected chi connectivity index (χ0v) is 12.8. The lowest BCUT2D eigenvalue weighted by Crippen LogP contribution is -2.44. The van der Waals surface area contributed by atoms with Gasteiger partial charge in [-0.15, -0.1) is 11.3 Å². The van der Waals surface area contributed by atoms with E-state index in [0.29, 0.717) is 5.92 Å². The summed E-state index contributed by atoms with van der Waals surface area (Å²) >= 11 is 1.74. The quantitative estimate of drug-likeness (QED) is 0.889. The minimum atomic E-state index is -0.151. The summed E-state index contributed by atoms with van der Waals surface area (Å²) in [5, 5.41) is 3.34. The standard InChI is InChI=1S/C14H26N2S/c1-7-10(2)14(6,15)8-12-16-11(9-17-12)13(3,4)5/h9-10H,7-8,15H2,1-6H3. The average molecular weight is 254 g/mol. The normalized spacial score (nSPS) is 17.8. The van der Waals surface area contributed by atoms with Crippen LogP contribution in [-0.4, -0.2) is 10.5 Å². The maximum absolute atomic E-state index is 6.39. The minimum Gasteiger partial charge on any atom is -0.325 e. The van der Waals surface area contributed by atoms with E-state index in [9.17, 15) is 0 Å². The Balaban J connectivity index is 2.79. The Bertz CT molecular complexity index is 361. The largest absolute Gasteiger partial charge is 0.325 e. The van der Waals surface area contributed by atoms with Crippen LogP contribution in [-0.2, 0) is 11.8 Å². The van der Waals surface area contributed by atoms with Crippen molar-refractivity contribution in [1.29, 1.82) is 0 Å². The molecule has 0 aliphatic rings. The van der Waals surface area contributed by atoms with E-state index in [1.165, 1.54) is 10.7 Å². The molecule has 0 bridgehead atoms. The van der Waals surface area contributed by atoms with Crippen LogP contribution in [0.2, 0.25) is 0 Å². The lowest BCUT2D eigenvalue weighted by atomic mass is 9.83. The van der Waals surface area contributed by atoms with Gasteiger partial charge in [0.05, 0.1) is 10.7 Å². The third-order valence-electron chi connectivity index (χ3n) is 3.59. The van der Waals surface area contributed by atoms with E-state index in [-0.39, 0.29) is 11.0 Å². The van der Waals surface area contributed by atoms with Gasteiger partial charge < -0.3 is 5.73 Å². The molecule has 2 atom stereocenters. The molecule has 0 spiro atoms. The van der Waals surface area contributed by atoms with Gasteiger partial charge in [0.25, 0.3) is 0 Å². The van der Waals surface area contributed by atoms with Gasteiger partial charge in [0.15, 0.2) is 0 Å². The van der Waals surface area contributed by atoms with Crippen LogP contribution in [0, 0.1) is 5.92 Å². The highest BCUT2D eigenvalue weighted by Gasteiger charge is 2.27. The van der Waals surface area contributed by atoms with Gasteiger partial charge in [0.2, 0.25) is 0 Å². The number of hydrogen-bond acceptors (Lipinski definition) is 3. The fourth-order valence-corrected chi connectivity index (χ4v) is 2.90. The first-order chi connectivity index (χ1) is 7.66. The predicted molar refractivity (Wildman–Crippen MR) is 76.6 cm³/mol. The van der Waals surface area contributed by atoms with Crippen molar-refractivity contribution < 1.29 is 0 Å². The summed E-state index contributed by atoms with van der Waals surface area (Å²) in [4.78, 5) is 4.72. The van der Waals surface area contributed by atoms with Crippen LogP contribution < -0.4 is 5.73 Å². The van der Waals surface area contributed by atoms with Gasteiger partial charge in [-0.3, -0.25) is 0 Å². The number of hydrogen-bond donors (Lipinski definition) is 1. The van der Waals surface area contributed by atoms with E-state index in [1.807, 2.05) is 0 Å². The second-order valence-electron chi connectivity index (χ2n) is 6.37. The maximum atomic E-state index is 6.39. The van der Waals surface area contributed by atoms with E-state index >= 15 is 0 Å². The van der Waals surface area contributed by atoms with Crippen molar-refractivity contribution in [3.63, 3.8) is 0 Å². The van der Waals surface area contributed by atoms with Crippen LogP contribution in [0.1, 0.15) is 58.7 Å². The fraction of sp³-hybridized carbons (Fsp3) is 0.786. The molecule has 17 heavy (non-hydrogen) atoms. The molecule has 0 saturated heterocycles. The Kier molecular flexibility index (Phi) is 4.37. The predicted octanol–water partition coefficient (Wildman–Crippen LogP) is 3.75. The van der Waals surface area contributed by atoms with Crippen molar-refractivity contribution in [2.24, 2.45) is 11.7 Å². The van der Waals surface area contributed by atoms with Gasteiger partial charge in [0.1, 0.15) is 0 Å². The molecule has 0 saturated carbocycles. The van der Waals surface area contributed by atoms with Gasteiger partial charge in [-0.1, -0.05) is 41.0 Å². The third kappa shape index (κ3) is 3.78. The van der Waals surface area contributed by atoms with Crippen molar-refractivity contribution in [2.45, 2.75) is 65.3 Å². The first-order valence-corrected chi connectivity index (χ1v) is 7.28. The zero-order chi connectivity index (χ0) is 13.3. The first kappa shape index (κ1) is 14.7. The van der Waals surface area contributed by atoms with Gasteiger partial charge in [-0.05, 0) is 12.8 Å². The number of nitrogens with zero attached hydrogens (tertiary/aromatic N) is 1. The van der Waals surface area contributed by atoms with Crippen LogP contribution >= 0.6 is 11.3 Å². The number of nitrogens with two attached hydrogens (primary N) is 1. The van der Waals surface area contributed by atoms with Crippen LogP contribution in [0.15, 0.2) is 5.38 Å². The van der Waals surface area contributed by atoms with Crippen molar-refractivity contribution in [1.82, 2.24) is 4.98 Å². The lowest BCUT2D eigenvalue weighted by molar-refractivity contribution is 0.306. The molecule has 3 heteroatoms. The molecular formula is C14H26N2S. The van der Waals surface area contributed by atoms with Crippen LogP contribution in [0.3, 0.4) is 0 Å². The number of rotatable bonds is 4. The third-order valence-corrected chi connectivity index (χ3v) is 4.44. The summed E-state index contributed by atoms with van der Waals surface area (Å²) in [6, 6.07) is 0. The monoisotopic (exact) mass is 254 g/mol. The second kappa shape index (κ2) is 5.07. The van der Waals surface area contributed by atoms with Crippen molar-refractivity contribution >= 4 is 11.3 Å². The molecule has 98 valence electrons. The first-order valence-electron chi connectivity index (χ1n) is 6.40. The Hall–Kier alpha value is -0.410. The van der Waals surface area contributed by atoms with Crippen molar-refractivity contribution in [3.05, 3.63) is 16.1 Å². The Morgan fingerprint density at radius 3 is 2.35 bits per heavy atom.